The number of halogens is 1. The Labute approximate surface area is 160 Å². The van der Waals surface area contributed by atoms with E-state index in [1.807, 2.05) is 6.07 Å². The van der Waals surface area contributed by atoms with Crippen molar-refractivity contribution in [2.24, 2.45) is 0 Å². The van der Waals surface area contributed by atoms with Gasteiger partial charge in [0.15, 0.2) is 0 Å². The summed E-state index contributed by atoms with van der Waals surface area (Å²) in [6.45, 7) is 1.85. The number of rotatable bonds is 5. The first-order chi connectivity index (χ1) is 13.0. The number of esters is 1. The van der Waals surface area contributed by atoms with Gasteiger partial charge in [0.25, 0.3) is 5.56 Å². The second kappa shape index (κ2) is 8.05. The summed E-state index contributed by atoms with van der Waals surface area (Å²) in [6, 6.07) is 13.9. The number of fused-ring (bicyclic) bond motifs is 1. The van der Waals surface area contributed by atoms with Crippen LogP contribution >= 0.6 is 11.6 Å². The number of carbonyl (C=O) groups excluding carboxylic acids is 2. The van der Waals surface area contributed by atoms with Gasteiger partial charge in [-0.3, -0.25) is 14.4 Å². The number of ether oxygens (including phenoxy) is 1. The average molecular weight is 385 g/mol. The Morgan fingerprint density at radius 3 is 2.59 bits per heavy atom. The van der Waals surface area contributed by atoms with Crippen LogP contribution in [0.1, 0.15) is 13.3 Å². The van der Waals surface area contributed by atoms with Gasteiger partial charge in [-0.05, 0) is 30.7 Å². The molecule has 0 unspecified atom stereocenters. The maximum atomic E-state index is 12.7. The lowest BCUT2D eigenvalue weighted by Crippen LogP contribution is -2.21. The van der Waals surface area contributed by atoms with Gasteiger partial charge in [0.2, 0.25) is 5.91 Å². The van der Waals surface area contributed by atoms with Crippen molar-refractivity contribution in [3.8, 4) is 11.1 Å². The maximum Gasteiger partial charge on any atom is 0.315 e. The summed E-state index contributed by atoms with van der Waals surface area (Å²) in [4.78, 5) is 39.5. The first-order valence-corrected chi connectivity index (χ1v) is 8.74. The van der Waals surface area contributed by atoms with Gasteiger partial charge in [0.1, 0.15) is 6.42 Å². The minimum absolute atomic E-state index is 0.188. The van der Waals surface area contributed by atoms with E-state index in [0.29, 0.717) is 32.7 Å². The average Bonchev–Trinajstić information content (AvgIpc) is 2.62. The quantitative estimate of drug-likeness (QED) is 0.518. The molecule has 0 saturated carbocycles. The van der Waals surface area contributed by atoms with Crippen LogP contribution in [0.3, 0.4) is 0 Å². The monoisotopic (exact) mass is 384 g/mol. The highest BCUT2D eigenvalue weighted by atomic mass is 35.5. The summed E-state index contributed by atoms with van der Waals surface area (Å²) in [5.41, 5.74) is 1.39. The van der Waals surface area contributed by atoms with E-state index in [4.69, 9.17) is 16.3 Å². The molecule has 0 atom stereocenters. The Bertz CT molecular complexity index is 1060. The first-order valence-electron chi connectivity index (χ1n) is 8.36. The number of carbonyl (C=O) groups is 2. The summed E-state index contributed by atoms with van der Waals surface area (Å²) in [5.74, 6) is -1.19. The van der Waals surface area contributed by atoms with Crippen LogP contribution < -0.4 is 10.9 Å². The third-order valence-electron chi connectivity index (χ3n) is 3.91. The van der Waals surface area contributed by atoms with E-state index in [1.54, 1.807) is 49.4 Å². The fourth-order valence-corrected chi connectivity index (χ4v) is 2.98. The Morgan fingerprint density at radius 1 is 1.15 bits per heavy atom. The number of H-pyrrole nitrogens is 1. The highest BCUT2D eigenvalue weighted by Gasteiger charge is 2.18. The van der Waals surface area contributed by atoms with Gasteiger partial charge < -0.3 is 15.0 Å². The van der Waals surface area contributed by atoms with Crippen LogP contribution in [0.4, 0.5) is 5.69 Å². The molecule has 3 aromatic rings. The molecule has 0 fully saturated rings. The van der Waals surface area contributed by atoms with Gasteiger partial charge in [-0.25, -0.2) is 0 Å². The van der Waals surface area contributed by atoms with E-state index in [1.165, 1.54) is 0 Å². The van der Waals surface area contributed by atoms with Crippen molar-refractivity contribution in [1.29, 1.82) is 0 Å². The van der Waals surface area contributed by atoms with E-state index in [-0.39, 0.29) is 12.2 Å². The van der Waals surface area contributed by atoms with E-state index in [2.05, 4.69) is 10.3 Å². The van der Waals surface area contributed by atoms with E-state index < -0.39 is 18.3 Å². The first kappa shape index (κ1) is 18.7. The van der Waals surface area contributed by atoms with Crippen molar-refractivity contribution in [3.05, 3.63) is 63.9 Å². The van der Waals surface area contributed by atoms with Gasteiger partial charge >= 0.3 is 5.97 Å². The minimum Gasteiger partial charge on any atom is -0.466 e. The summed E-state index contributed by atoms with van der Waals surface area (Å²) in [7, 11) is 0. The van der Waals surface area contributed by atoms with Gasteiger partial charge in [0.05, 0.1) is 23.4 Å². The lowest BCUT2D eigenvalue weighted by atomic mass is 10.0. The van der Waals surface area contributed by atoms with Crippen LogP contribution in [-0.2, 0) is 14.3 Å². The maximum absolute atomic E-state index is 12.7. The van der Waals surface area contributed by atoms with Gasteiger partial charge in [0, 0.05) is 10.4 Å². The molecule has 27 heavy (non-hydrogen) atoms. The Balaban J connectivity index is 2.14. The molecule has 0 saturated heterocycles. The molecule has 7 heteroatoms. The predicted molar refractivity (Wildman–Crippen MR) is 105 cm³/mol. The number of benzene rings is 2. The molecule has 0 spiro atoms. The van der Waals surface area contributed by atoms with Gasteiger partial charge in [-0.1, -0.05) is 41.9 Å². The number of hydrogen-bond donors (Lipinski definition) is 2. The molecule has 2 aromatic carbocycles. The number of hydrogen-bond acceptors (Lipinski definition) is 4. The van der Waals surface area contributed by atoms with Crippen LogP contribution in [0.5, 0.6) is 0 Å². The number of nitrogens with one attached hydrogen (secondary N) is 2. The molecule has 2 N–H and O–H groups in total. The molecular weight excluding hydrogens is 368 g/mol. The van der Waals surface area contributed by atoms with Crippen molar-refractivity contribution >= 4 is 40.1 Å². The SMILES string of the molecule is CCOC(=O)CC(=O)Nc1c(-c2ccccc2)c(=O)[nH]c2cc(Cl)ccc12. The van der Waals surface area contributed by atoms with Crippen LogP contribution in [0.15, 0.2) is 53.3 Å². The second-order valence-corrected chi connectivity index (χ2v) is 6.23. The summed E-state index contributed by atoms with van der Waals surface area (Å²) < 4.78 is 4.81. The van der Waals surface area contributed by atoms with E-state index >= 15 is 0 Å². The smallest absolute Gasteiger partial charge is 0.315 e. The topological polar surface area (TPSA) is 88.3 Å². The highest BCUT2D eigenvalue weighted by molar-refractivity contribution is 6.31. The number of anilines is 1. The molecule has 0 bridgehead atoms. The predicted octanol–water partition coefficient (Wildman–Crippen LogP) is 3.74. The summed E-state index contributed by atoms with van der Waals surface area (Å²) in [5, 5.41) is 3.76. The molecule has 1 amide bonds. The normalized spacial score (nSPS) is 10.6. The highest BCUT2D eigenvalue weighted by Crippen LogP contribution is 2.32. The zero-order valence-electron chi connectivity index (χ0n) is 14.5. The Kier molecular flexibility index (Phi) is 5.57. The number of amides is 1. The molecule has 3 rings (SSSR count). The van der Waals surface area contributed by atoms with Gasteiger partial charge in [-0.15, -0.1) is 0 Å². The van der Waals surface area contributed by atoms with E-state index in [9.17, 15) is 14.4 Å². The molecule has 0 aliphatic carbocycles. The lowest BCUT2D eigenvalue weighted by molar-refractivity contribution is -0.145. The largest absolute Gasteiger partial charge is 0.466 e. The van der Waals surface area contributed by atoms with Crippen LogP contribution in [-0.4, -0.2) is 23.5 Å². The third-order valence-corrected chi connectivity index (χ3v) is 4.15. The molecule has 1 aromatic heterocycles. The molecule has 138 valence electrons. The van der Waals surface area contributed by atoms with Crippen molar-refractivity contribution in [3.63, 3.8) is 0 Å². The summed E-state index contributed by atoms with van der Waals surface area (Å²) in [6.07, 6.45) is -0.441. The zero-order chi connectivity index (χ0) is 19.4. The third kappa shape index (κ3) is 4.17. The number of aromatic amines is 1. The molecule has 6 nitrogen and oxygen atoms in total. The van der Waals surface area contributed by atoms with Crippen LogP contribution in [0, 0.1) is 0 Å². The van der Waals surface area contributed by atoms with Crippen molar-refractivity contribution in [2.75, 3.05) is 11.9 Å². The summed E-state index contributed by atoms with van der Waals surface area (Å²) >= 11 is 6.02. The van der Waals surface area contributed by atoms with E-state index in [0.717, 1.165) is 0 Å². The fourth-order valence-electron chi connectivity index (χ4n) is 2.81. The molecule has 0 aliphatic heterocycles. The molecular formula is C20H17ClN2O4. The lowest BCUT2D eigenvalue weighted by Gasteiger charge is -2.14. The second-order valence-electron chi connectivity index (χ2n) is 5.79. The zero-order valence-corrected chi connectivity index (χ0v) is 15.3. The van der Waals surface area contributed by atoms with Crippen molar-refractivity contribution < 1.29 is 14.3 Å². The van der Waals surface area contributed by atoms with Crippen LogP contribution in [0.2, 0.25) is 5.02 Å². The Hall–Kier alpha value is -3.12. The minimum atomic E-state index is -0.631. The molecule has 0 aliphatic rings. The van der Waals surface area contributed by atoms with Crippen molar-refractivity contribution in [1.82, 2.24) is 4.98 Å². The van der Waals surface area contributed by atoms with Gasteiger partial charge in [-0.2, -0.15) is 0 Å². The number of aromatic nitrogens is 1. The Morgan fingerprint density at radius 2 is 1.89 bits per heavy atom. The van der Waals surface area contributed by atoms with Crippen LogP contribution in [0.25, 0.3) is 22.0 Å². The molecule has 1 heterocycles. The number of pyridine rings is 1. The standard InChI is InChI=1S/C20H17ClN2O4/c1-2-27-17(25)11-16(24)23-19-14-9-8-13(21)10-15(14)22-20(26)18(19)12-6-4-3-5-7-12/h3-10H,2,11H2,1H3,(H2,22,23,24,26). The fraction of sp³-hybridized carbons (Fsp3) is 0.150. The molecule has 0 radical (unpaired) electrons. The van der Waals surface area contributed by atoms with Crippen molar-refractivity contribution in [2.45, 2.75) is 13.3 Å².